The van der Waals surface area contributed by atoms with Crippen LogP contribution in [0, 0.1) is 5.82 Å². The smallest absolute Gasteiger partial charge is 0.315 e. The van der Waals surface area contributed by atoms with Crippen molar-refractivity contribution in [2.45, 2.75) is 25.9 Å². The van der Waals surface area contributed by atoms with Crippen LogP contribution >= 0.6 is 0 Å². The Bertz CT molecular complexity index is 367. The molecule has 0 aromatic heterocycles. The van der Waals surface area contributed by atoms with E-state index in [9.17, 15) is 9.18 Å². The van der Waals surface area contributed by atoms with E-state index in [-0.39, 0.29) is 31.0 Å². The van der Waals surface area contributed by atoms with E-state index in [2.05, 4.69) is 10.6 Å². The normalized spacial score (nSPS) is 11.9. The topological polar surface area (TPSA) is 61.4 Å². The molecule has 94 valence electrons. The van der Waals surface area contributed by atoms with Gasteiger partial charge in [-0.2, -0.15) is 0 Å². The Labute approximate surface area is 99.8 Å². The monoisotopic (exact) mass is 240 g/mol. The van der Waals surface area contributed by atoms with Crippen LogP contribution in [0.1, 0.15) is 18.9 Å². The molecule has 3 N–H and O–H groups in total. The van der Waals surface area contributed by atoms with E-state index in [1.807, 2.05) is 6.92 Å². The molecule has 0 fully saturated rings. The highest BCUT2D eigenvalue weighted by atomic mass is 19.1. The molecule has 0 aliphatic rings. The van der Waals surface area contributed by atoms with Crippen molar-refractivity contribution in [3.63, 3.8) is 0 Å². The molecule has 0 heterocycles. The number of carbonyl (C=O) groups excluding carboxylic acids is 1. The average Bonchev–Trinajstić information content (AvgIpc) is 2.33. The Kier molecular flexibility index (Phi) is 5.42. The van der Waals surface area contributed by atoms with Gasteiger partial charge in [0.2, 0.25) is 0 Å². The summed E-state index contributed by atoms with van der Waals surface area (Å²) in [7, 11) is 0. The number of carbonyl (C=O) groups is 1. The minimum absolute atomic E-state index is 0.0934. The zero-order valence-corrected chi connectivity index (χ0v) is 9.74. The lowest BCUT2D eigenvalue weighted by Gasteiger charge is -2.14. The fourth-order valence-corrected chi connectivity index (χ4v) is 1.34. The van der Waals surface area contributed by atoms with E-state index in [0.29, 0.717) is 12.0 Å². The minimum atomic E-state index is -0.366. The number of urea groups is 1. The third kappa shape index (κ3) is 4.82. The molecular weight excluding hydrogens is 223 g/mol. The molecule has 4 nitrogen and oxygen atoms in total. The van der Waals surface area contributed by atoms with E-state index in [1.54, 1.807) is 12.1 Å². The third-order valence-electron chi connectivity index (χ3n) is 2.39. The molecule has 0 bridgehead atoms. The molecule has 0 aliphatic carbocycles. The van der Waals surface area contributed by atoms with E-state index in [0.717, 1.165) is 0 Å². The first kappa shape index (κ1) is 13.4. The maximum absolute atomic E-state index is 12.8. The summed E-state index contributed by atoms with van der Waals surface area (Å²) in [6, 6.07) is 5.42. The summed E-state index contributed by atoms with van der Waals surface area (Å²) >= 11 is 0. The van der Waals surface area contributed by atoms with Crippen LogP contribution in [-0.2, 0) is 6.54 Å². The van der Waals surface area contributed by atoms with Crippen molar-refractivity contribution in [2.24, 2.45) is 0 Å². The molecule has 17 heavy (non-hydrogen) atoms. The zero-order valence-electron chi connectivity index (χ0n) is 9.74. The Morgan fingerprint density at radius 3 is 2.88 bits per heavy atom. The maximum atomic E-state index is 12.8. The molecule has 5 heteroatoms. The molecule has 1 aromatic rings. The Balaban J connectivity index is 2.38. The highest BCUT2D eigenvalue weighted by molar-refractivity contribution is 5.74. The van der Waals surface area contributed by atoms with Gasteiger partial charge in [0.25, 0.3) is 0 Å². The van der Waals surface area contributed by atoms with E-state index >= 15 is 0 Å². The lowest BCUT2D eigenvalue weighted by molar-refractivity contribution is 0.214. The summed E-state index contributed by atoms with van der Waals surface area (Å²) < 4.78 is 12.8. The molecule has 0 saturated heterocycles. The number of halogens is 1. The predicted octanol–water partition coefficient (Wildman–Crippen LogP) is 1.40. The van der Waals surface area contributed by atoms with Gasteiger partial charge < -0.3 is 15.7 Å². The molecule has 0 aliphatic heterocycles. The quantitative estimate of drug-likeness (QED) is 0.728. The SMILES string of the molecule is CCC(CO)NC(=O)NCc1cccc(F)c1. The van der Waals surface area contributed by atoms with Gasteiger partial charge in [-0.3, -0.25) is 0 Å². The van der Waals surface area contributed by atoms with Gasteiger partial charge in [-0.15, -0.1) is 0 Å². The lowest BCUT2D eigenvalue weighted by Crippen LogP contribution is -2.43. The van der Waals surface area contributed by atoms with Crippen molar-refractivity contribution in [1.82, 2.24) is 10.6 Å². The largest absolute Gasteiger partial charge is 0.394 e. The van der Waals surface area contributed by atoms with Gasteiger partial charge in [0, 0.05) is 6.54 Å². The van der Waals surface area contributed by atoms with E-state index < -0.39 is 0 Å². The number of rotatable bonds is 5. The van der Waals surface area contributed by atoms with Crippen molar-refractivity contribution < 1.29 is 14.3 Å². The first-order chi connectivity index (χ1) is 8.15. The van der Waals surface area contributed by atoms with Gasteiger partial charge in [-0.25, -0.2) is 9.18 Å². The predicted molar refractivity (Wildman–Crippen MR) is 62.9 cm³/mol. The molecule has 0 spiro atoms. The van der Waals surface area contributed by atoms with Crippen LogP contribution in [-0.4, -0.2) is 23.8 Å². The number of aliphatic hydroxyl groups is 1. The van der Waals surface area contributed by atoms with Crippen LogP contribution < -0.4 is 10.6 Å². The number of amides is 2. The molecule has 0 radical (unpaired) electrons. The fraction of sp³-hybridized carbons (Fsp3) is 0.417. The standard InChI is InChI=1S/C12H17FN2O2/c1-2-11(8-16)15-12(17)14-7-9-4-3-5-10(13)6-9/h3-6,11,16H,2,7-8H2,1H3,(H2,14,15,17). The molecule has 1 unspecified atom stereocenters. The van der Waals surface area contributed by atoms with Gasteiger partial charge in [0.05, 0.1) is 12.6 Å². The fourth-order valence-electron chi connectivity index (χ4n) is 1.34. The van der Waals surface area contributed by atoms with Crippen LogP contribution in [0.2, 0.25) is 0 Å². The summed E-state index contributed by atoms with van der Waals surface area (Å²) in [6.45, 7) is 2.03. The number of hydrogen-bond donors (Lipinski definition) is 3. The zero-order chi connectivity index (χ0) is 12.7. The van der Waals surface area contributed by atoms with Crippen molar-refractivity contribution in [3.8, 4) is 0 Å². The van der Waals surface area contributed by atoms with Crippen LogP contribution in [0.25, 0.3) is 0 Å². The van der Waals surface area contributed by atoms with Crippen molar-refractivity contribution in [2.75, 3.05) is 6.61 Å². The first-order valence-electron chi connectivity index (χ1n) is 5.55. The van der Waals surface area contributed by atoms with Crippen LogP contribution in [0.15, 0.2) is 24.3 Å². The van der Waals surface area contributed by atoms with E-state index in [4.69, 9.17) is 5.11 Å². The van der Waals surface area contributed by atoms with Gasteiger partial charge in [-0.1, -0.05) is 19.1 Å². The number of nitrogens with one attached hydrogen (secondary N) is 2. The second kappa shape index (κ2) is 6.85. The summed E-state index contributed by atoms with van der Waals surface area (Å²) in [4.78, 5) is 11.4. The minimum Gasteiger partial charge on any atom is -0.394 e. The average molecular weight is 240 g/mol. The van der Waals surface area contributed by atoms with Crippen molar-refractivity contribution >= 4 is 6.03 Å². The molecule has 2 amide bonds. The maximum Gasteiger partial charge on any atom is 0.315 e. The van der Waals surface area contributed by atoms with Gasteiger partial charge in [0.1, 0.15) is 5.82 Å². The molecular formula is C12H17FN2O2. The summed E-state index contributed by atoms with van der Waals surface area (Å²) in [6.07, 6.45) is 0.657. The Morgan fingerprint density at radius 2 is 2.29 bits per heavy atom. The van der Waals surface area contributed by atoms with Crippen molar-refractivity contribution in [1.29, 1.82) is 0 Å². The van der Waals surface area contributed by atoms with Gasteiger partial charge >= 0.3 is 6.03 Å². The summed E-state index contributed by atoms with van der Waals surface area (Å²) in [5.74, 6) is -0.327. The molecule has 1 atom stereocenters. The molecule has 1 aromatic carbocycles. The van der Waals surface area contributed by atoms with Crippen molar-refractivity contribution in [3.05, 3.63) is 35.6 Å². The second-order valence-corrected chi connectivity index (χ2v) is 3.74. The number of aliphatic hydroxyl groups excluding tert-OH is 1. The summed E-state index contributed by atoms with van der Waals surface area (Å²) in [5, 5.41) is 14.1. The van der Waals surface area contributed by atoms with Crippen LogP contribution in [0.5, 0.6) is 0 Å². The highest BCUT2D eigenvalue weighted by Gasteiger charge is 2.08. The molecule has 0 saturated carbocycles. The van der Waals surface area contributed by atoms with Gasteiger partial charge in [-0.05, 0) is 24.1 Å². The van der Waals surface area contributed by atoms with Gasteiger partial charge in [0.15, 0.2) is 0 Å². The first-order valence-corrected chi connectivity index (χ1v) is 5.55. The summed E-state index contributed by atoms with van der Waals surface area (Å²) in [5.41, 5.74) is 0.692. The van der Waals surface area contributed by atoms with Crippen LogP contribution in [0.4, 0.5) is 9.18 Å². The second-order valence-electron chi connectivity index (χ2n) is 3.74. The van der Waals surface area contributed by atoms with Crippen LogP contribution in [0.3, 0.4) is 0 Å². The third-order valence-corrected chi connectivity index (χ3v) is 2.39. The highest BCUT2D eigenvalue weighted by Crippen LogP contribution is 2.02. The number of benzene rings is 1. The Morgan fingerprint density at radius 1 is 1.53 bits per heavy atom. The Hall–Kier alpha value is -1.62. The molecule has 1 rings (SSSR count). The van der Waals surface area contributed by atoms with E-state index in [1.165, 1.54) is 12.1 Å². The lowest BCUT2D eigenvalue weighted by atomic mass is 10.2. The number of hydrogen-bond acceptors (Lipinski definition) is 2.